The third-order valence-corrected chi connectivity index (χ3v) is 8.86. The normalized spacial score (nSPS) is 16.1. The quantitative estimate of drug-likeness (QED) is 0.201. The van der Waals surface area contributed by atoms with Crippen LogP contribution in [0.2, 0.25) is 0 Å². The third kappa shape index (κ3) is 7.62. The number of nitrogens with zero attached hydrogens (tertiary/aromatic N) is 2. The Kier molecular flexibility index (Phi) is 8.52. The molecule has 0 fully saturated rings. The Balaban J connectivity index is 1.33. The fourth-order valence-electron chi connectivity index (χ4n) is 5.12. The van der Waals surface area contributed by atoms with Crippen LogP contribution in [0.4, 0.5) is 0 Å². The Bertz CT molecular complexity index is 1410. The van der Waals surface area contributed by atoms with Gasteiger partial charge in [-0.25, -0.2) is 4.79 Å². The van der Waals surface area contributed by atoms with Gasteiger partial charge in [-0.3, -0.25) is 9.48 Å². The van der Waals surface area contributed by atoms with Gasteiger partial charge in [-0.2, -0.15) is 5.10 Å². The lowest BCUT2D eigenvalue weighted by Crippen LogP contribution is -2.36. The van der Waals surface area contributed by atoms with Crippen molar-refractivity contribution in [1.82, 2.24) is 9.78 Å². The number of carbonyl (C=O) groups excluding carboxylic acids is 2. The summed E-state index contributed by atoms with van der Waals surface area (Å²) < 4.78 is 12.2. The zero-order chi connectivity index (χ0) is 30.2. The van der Waals surface area contributed by atoms with Gasteiger partial charge in [0.2, 0.25) is 0 Å². The molecule has 1 aromatic heterocycles. The highest BCUT2D eigenvalue weighted by Gasteiger charge is 2.37. The van der Waals surface area contributed by atoms with Crippen molar-refractivity contribution in [2.24, 2.45) is 0 Å². The minimum atomic E-state index is -0.763. The molecule has 7 heteroatoms. The molecule has 4 rings (SSSR count). The van der Waals surface area contributed by atoms with Crippen molar-refractivity contribution in [3.63, 3.8) is 0 Å². The van der Waals surface area contributed by atoms with E-state index in [0.29, 0.717) is 12.1 Å². The minimum absolute atomic E-state index is 0.145. The van der Waals surface area contributed by atoms with Crippen LogP contribution < -0.4 is 0 Å². The minimum Gasteiger partial charge on any atom is -0.459 e. The maximum absolute atomic E-state index is 12.7. The van der Waals surface area contributed by atoms with Crippen molar-refractivity contribution in [3.05, 3.63) is 82.7 Å². The molecule has 0 N–H and O–H groups in total. The standard InChI is InChI=1S/C34H44N2O4S/c1-31(2,3)40-30(38)34(8,9)41-26-13-11-25(12-14-26)29(37)39-22-24-19-35-36(21-24)20-23-10-15-27-28(18-23)33(6,7)17-16-32(27,4)5/h10-15,18-19,21H,16-17,20,22H2,1-9H3. The second kappa shape index (κ2) is 11.3. The maximum atomic E-state index is 12.7. The zero-order valence-electron chi connectivity index (χ0n) is 26.0. The lowest BCUT2D eigenvalue weighted by molar-refractivity contribution is -0.156. The van der Waals surface area contributed by atoms with Gasteiger partial charge in [-0.05, 0) is 99.2 Å². The van der Waals surface area contributed by atoms with Crippen molar-refractivity contribution < 1.29 is 19.1 Å². The summed E-state index contributed by atoms with van der Waals surface area (Å²) in [4.78, 5) is 26.1. The van der Waals surface area contributed by atoms with E-state index in [4.69, 9.17) is 9.47 Å². The lowest BCUT2D eigenvalue weighted by atomic mass is 9.63. The predicted octanol–water partition coefficient (Wildman–Crippen LogP) is 7.85. The second-order valence-corrected chi connectivity index (χ2v) is 15.6. The Hall–Kier alpha value is -3.06. The number of benzene rings is 2. The van der Waals surface area contributed by atoms with Crippen molar-refractivity contribution in [1.29, 1.82) is 0 Å². The first-order valence-corrected chi connectivity index (χ1v) is 15.1. The zero-order valence-corrected chi connectivity index (χ0v) is 26.8. The van der Waals surface area contributed by atoms with Gasteiger partial charge in [0.25, 0.3) is 0 Å². The van der Waals surface area contributed by atoms with E-state index in [1.807, 2.05) is 57.6 Å². The lowest BCUT2D eigenvalue weighted by Gasteiger charge is -2.42. The molecule has 0 saturated carbocycles. The molecule has 1 heterocycles. The number of rotatable bonds is 8. The first-order valence-electron chi connectivity index (χ1n) is 14.3. The van der Waals surface area contributed by atoms with E-state index in [2.05, 4.69) is 51.0 Å². The Labute approximate surface area is 249 Å². The van der Waals surface area contributed by atoms with Gasteiger partial charge in [0.15, 0.2) is 0 Å². The van der Waals surface area contributed by atoms with Crippen LogP contribution in [0.25, 0.3) is 0 Å². The molecular weight excluding hydrogens is 532 g/mol. The maximum Gasteiger partial charge on any atom is 0.338 e. The Morgan fingerprint density at radius 3 is 2.17 bits per heavy atom. The predicted molar refractivity (Wildman–Crippen MR) is 164 cm³/mol. The topological polar surface area (TPSA) is 70.4 Å². The van der Waals surface area contributed by atoms with E-state index in [-0.39, 0.29) is 23.4 Å². The Morgan fingerprint density at radius 2 is 1.54 bits per heavy atom. The summed E-state index contributed by atoms with van der Waals surface area (Å²) >= 11 is 1.40. The van der Waals surface area contributed by atoms with E-state index in [1.54, 1.807) is 18.3 Å². The third-order valence-electron chi connectivity index (χ3n) is 7.67. The molecule has 41 heavy (non-hydrogen) atoms. The van der Waals surface area contributed by atoms with Gasteiger partial charge in [-0.15, -0.1) is 11.8 Å². The molecule has 0 atom stereocenters. The van der Waals surface area contributed by atoms with Gasteiger partial charge >= 0.3 is 11.9 Å². The van der Waals surface area contributed by atoms with Crippen LogP contribution in [0.15, 0.2) is 59.8 Å². The molecule has 220 valence electrons. The average molecular weight is 577 g/mol. The van der Waals surface area contributed by atoms with Crippen molar-refractivity contribution >= 4 is 23.7 Å². The fourth-order valence-corrected chi connectivity index (χ4v) is 6.10. The van der Waals surface area contributed by atoms with Crippen LogP contribution >= 0.6 is 11.8 Å². The SMILES string of the molecule is CC(C)(C)OC(=O)C(C)(C)Sc1ccc(C(=O)OCc2cnn(Cc3ccc4c(c3)C(C)(C)CCC4(C)C)c2)cc1. The molecule has 1 aliphatic rings. The molecule has 0 bridgehead atoms. The first-order chi connectivity index (χ1) is 19.0. The molecule has 3 aromatic rings. The van der Waals surface area contributed by atoms with Crippen LogP contribution in [0, 0.1) is 0 Å². The molecule has 6 nitrogen and oxygen atoms in total. The Morgan fingerprint density at radius 1 is 0.902 bits per heavy atom. The molecule has 0 spiro atoms. The molecule has 0 saturated heterocycles. The number of hydrogen-bond acceptors (Lipinski definition) is 6. The van der Waals surface area contributed by atoms with Crippen molar-refractivity contribution in [3.8, 4) is 0 Å². The summed E-state index contributed by atoms with van der Waals surface area (Å²) in [5.41, 5.74) is 5.20. The summed E-state index contributed by atoms with van der Waals surface area (Å²) in [6.45, 7) is 19.4. The molecule has 1 aliphatic carbocycles. The van der Waals surface area contributed by atoms with Crippen molar-refractivity contribution in [2.75, 3.05) is 0 Å². The van der Waals surface area contributed by atoms with Gasteiger partial charge < -0.3 is 9.47 Å². The smallest absolute Gasteiger partial charge is 0.338 e. The summed E-state index contributed by atoms with van der Waals surface area (Å²) in [5.74, 6) is -0.682. The summed E-state index contributed by atoms with van der Waals surface area (Å²) in [7, 11) is 0. The summed E-state index contributed by atoms with van der Waals surface area (Å²) in [6, 6.07) is 13.9. The van der Waals surface area contributed by atoms with Gasteiger partial charge in [-0.1, -0.05) is 45.9 Å². The van der Waals surface area contributed by atoms with E-state index >= 15 is 0 Å². The van der Waals surface area contributed by atoms with Gasteiger partial charge in [0.05, 0.1) is 18.3 Å². The molecular formula is C34H44N2O4S. The van der Waals surface area contributed by atoms with E-state index in [0.717, 1.165) is 10.5 Å². The molecule has 0 unspecified atom stereocenters. The number of hydrogen-bond donors (Lipinski definition) is 0. The summed E-state index contributed by atoms with van der Waals surface area (Å²) in [5, 5.41) is 4.51. The number of ether oxygens (including phenoxy) is 2. The molecule has 0 aliphatic heterocycles. The molecule has 0 radical (unpaired) electrons. The van der Waals surface area contributed by atoms with Crippen LogP contribution in [-0.4, -0.2) is 32.1 Å². The number of aromatic nitrogens is 2. The van der Waals surface area contributed by atoms with E-state index < -0.39 is 16.3 Å². The number of carbonyl (C=O) groups is 2. The van der Waals surface area contributed by atoms with Crippen LogP contribution in [0.3, 0.4) is 0 Å². The van der Waals surface area contributed by atoms with Gasteiger partial charge in [0.1, 0.15) is 17.0 Å². The highest BCUT2D eigenvalue weighted by atomic mass is 32.2. The van der Waals surface area contributed by atoms with Crippen LogP contribution in [0.5, 0.6) is 0 Å². The van der Waals surface area contributed by atoms with E-state index in [9.17, 15) is 9.59 Å². The number of thioether (sulfide) groups is 1. The molecule has 2 aromatic carbocycles. The monoisotopic (exact) mass is 576 g/mol. The van der Waals surface area contributed by atoms with Crippen LogP contribution in [-0.2, 0) is 38.2 Å². The fraction of sp³-hybridized carbons (Fsp3) is 0.500. The average Bonchev–Trinajstić information content (AvgIpc) is 3.32. The highest BCUT2D eigenvalue weighted by Crippen LogP contribution is 2.46. The first kappa shape index (κ1) is 30.9. The van der Waals surface area contributed by atoms with Gasteiger partial charge in [0, 0.05) is 16.7 Å². The van der Waals surface area contributed by atoms with Crippen molar-refractivity contribution in [2.45, 2.75) is 114 Å². The highest BCUT2D eigenvalue weighted by molar-refractivity contribution is 8.01. The summed E-state index contributed by atoms with van der Waals surface area (Å²) in [6.07, 6.45) is 6.06. The number of esters is 2. The second-order valence-electron chi connectivity index (χ2n) is 13.9. The van der Waals surface area contributed by atoms with E-state index in [1.165, 1.54) is 41.3 Å². The van der Waals surface area contributed by atoms with Crippen LogP contribution in [0.1, 0.15) is 108 Å². The largest absolute Gasteiger partial charge is 0.459 e. The molecule has 0 amide bonds. The number of fused-ring (bicyclic) bond motifs is 1.